The Kier molecular flexibility index (Phi) is 3.07. The van der Waals surface area contributed by atoms with Gasteiger partial charge in [0.1, 0.15) is 0 Å². The van der Waals surface area contributed by atoms with E-state index in [2.05, 4.69) is 0 Å². The molecule has 0 bridgehead atoms. The van der Waals surface area contributed by atoms with Crippen LogP contribution in [0.1, 0.15) is 39.0 Å². The summed E-state index contributed by atoms with van der Waals surface area (Å²) >= 11 is 0. The van der Waals surface area contributed by atoms with Gasteiger partial charge in [-0.25, -0.2) is 13.6 Å². The smallest absolute Gasteiger partial charge is 0.336 e. The lowest BCUT2D eigenvalue weighted by molar-refractivity contribution is 0.0694. The molecule has 0 radical (unpaired) electrons. The van der Waals surface area contributed by atoms with E-state index in [1.165, 1.54) is 13.0 Å². The van der Waals surface area contributed by atoms with Crippen molar-refractivity contribution in [3.05, 3.63) is 33.9 Å². The average molecular weight is 214 g/mol. The molecule has 0 aromatic heterocycles. The molecule has 15 heavy (non-hydrogen) atoms. The maximum atomic E-state index is 12.7. The second-order valence-electron chi connectivity index (χ2n) is 3.53. The number of alkyl halides is 2. The molecule has 2 nitrogen and oxygen atoms in total. The van der Waals surface area contributed by atoms with E-state index in [9.17, 15) is 13.6 Å². The van der Waals surface area contributed by atoms with E-state index < -0.39 is 12.4 Å². The number of carboxylic acid groups (broad SMARTS) is 1. The van der Waals surface area contributed by atoms with Gasteiger partial charge in [0.15, 0.2) is 0 Å². The van der Waals surface area contributed by atoms with Crippen molar-refractivity contribution in [2.75, 3.05) is 0 Å². The van der Waals surface area contributed by atoms with Crippen molar-refractivity contribution < 1.29 is 18.7 Å². The zero-order chi connectivity index (χ0) is 11.7. The maximum Gasteiger partial charge on any atom is 0.336 e. The largest absolute Gasteiger partial charge is 0.478 e. The van der Waals surface area contributed by atoms with Gasteiger partial charge < -0.3 is 5.11 Å². The van der Waals surface area contributed by atoms with Crippen LogP contribution < -0.4 is 0 Å². The van der Waals surface area contributed by atoms with Crippen LogP contribution in [0.2, 0.25) is 0 Å². The van der Waals surface area contributed by atoms with E-state index in [1.807, 2.05) is 0 Å². The number of benzene rings is 1. The van der Waals surface area contributed by atoms with Crippen molar-refractivity contribution in [2.24, 2.45) is 0 Å². The number of carboxylic acids is 1. The summed E-state index contributed by atoms with van der Waals surface area (Å²) in [6, 6.07) is 1.48. The lowest BCUT2D eigenvalue weighted by Crippen LogP contribution is -2.08. The second-order valence-corrected chi connectivity index (χ2v) is 3.53. The summed E-state index contributed by atoms with van der Waals surface area (Å²) in [7, 11) is 0. The number of aromatic carboxylic acids is 1. The molecule has 0 saturated heterocycles. The zero-order valence-electron chi connectivity index (χ0n) is 8.77. The molecule has 0 spiro atoms. The van der Waals surface area contributed by atoms with Crippen molar-refractivity contribution in [2.45, 2.75) is 27.2 Å². The Labute approximate surface area is 86.5 Å². The van der Waals surface area contributed by atoms with Crippen LogP contribution >= 0.6 is 0 Å². The Morgan fingerprint density at radius 2 is 1.80 bits per heavy atom. The molecule has 1 aromatic rings. The SMILES string of the molecule is Cc1cc(C)c(C(F)F)c(C)c1C(=O)O. The highest BCUT2D eigenvalue weighted by Gasteiger charge is 2.21. The van der Waals surface area contributed by atoms with E-state index >= 15 is 0 Å². The number of aryl methyl sites for hydroxylation is 2. The molecule has 0 fully saturated rings. The van der Waals surface area contributed by atoms with E-state index in [4.69, 9.17) is 5.11 Å². The molecule has 0 atom stereocenters. The maximum absolute atomic E-state index is 12.7. The molecule has 0 aliphatic heterocycles. The fraction of sp³-hybridized carbons (Fsp3) is 0.364. The standard InChI is InChI=1S/C11H12F2O2/c1-5-4-6(2)9(11(14)15)7(3)8(5)10(12)13/h4,10H,1-3H3,(H,14,15). The first-order chi connectivity index (χ1) is 6.86. The lowest BCUT2D eigenvalue weighted by atomic mass is 9.94. The lowest BCUT2D eigenvalue weighted by Gasteiger charge is -2.13. The number of carbonyl (C=O) groups is 1. The number of halogens is 2. The van der Waals surface area contributed by atoms with Crippen LogP contribution in [0.5, 0.6) is 0 Å². The molecule has 4 heteroatoms. The molecule has 0 saturated carbocycles. The Morgan fingerprint density at radius 1 is 1.27 bits per heavy atom. The first-order valence-electron chi connectivity index (χ1n) is 4.48. The molecule has 0 aliphatic carbocycles. The molecule has 1 N–H and O–H groups in total. The molecular weight excluding hydrogens is 202 g/mol. The normalized spacial score (nSPS) is 10.8. The minimum atomic E-state index is -2.64. The molecule has 1 aromatic carbocycles. The van der Waals surface area contributed by atoms with E-state index in [-0.39, 0.29) is 16.7 Å². The van der Waals surface area contributed by atoms with Crippen molar-refractivity contribution in [1.82, 2.24) is 0 Å². The van der Waals surface area contributed by atoms with Gasteiger partial charge in [-0.2, -0.15) is 0 Å². The number of hydrogen-bond acceptors (Lipinski definition) is 1. The van der Waals surface area contributed by atoms with Gasteiger partial charge in [0.05, 0.1) is 5.56 Å². The van der Waals surface area contributed by atoms with Gasteiger partial charge in [0, 0.05) is 5.56 Å². The van der Waals surface area contributed by atoms with Gasteiger partial charge in [-0.05, 0) is 37.5 Å². The third-order valence-corrected chi connectivity index (χ3v) is 2.46. The minimum absolute atomic E-state index is 0.0177. The molecule has 0 unspecified atom stereocenters. The van der Waals surface area contributed by atoms with Crippen LogP contribution in [0.3, 0.4) is 0 Å². The second kappa shape index (κ2) is 3.96. The van der Waals surface area contributed by atoms with Gasteiger partial charge in [0.2, 0.25) is 0 Å². The quantitative estimate of drug-likeness (QED) is 0.820. The van der Waals surface area contributed by atoms with Gasteiger partial charge in [0.25, 0.3) is 6.43 Å². The monoisotopic (exact) mass is 214 g/mol. The van der Waals surface area contributed by atoms with Crippen molar-refractivity contribution >= 4 is 5.97 Å². The highest BCUT2D eigenvalue weighted by atomic mass is 19.3. The molecular formula is C11H12F2O2. The van der Waals surface area contributed by atoms with Gasteiger partial charge in [-0.15, -0.1) is 0 Å². The summed E-state index contributed by atoms with van der Waals surface area (Å²) in [6.45, 7) is 4.59. The molecule has 0 amide bonds. The van der Waals surface area contributed by atoms with Crippen LogP contribution in [-0.2, 0) is 0 Å². The predicted octanol–water partition coefficient (Wildman–Crippen LogP) is 3.25. The molecule has 0 aliphatic rings. The van der Waals surface area contributed by atoms with Crippen LogP contribution in [0.15, 0.2) is 6.07 Å². The minimum Gasteiger partial charge on any atom is -0.478 e. The van der Waals surface area contributed by atoms with Crippen LogP contribution in [-0.4, -0.2) is 11.1 Å². The van der Waals surface area contributed by atoms with Gasteiger partial charge >= 0.3 is 5.97 Å². The highest BCUT2D eigenvalue weighted by Crippen LogP contribution is 2.30. The third-order valence-electron chi connectivity index (χ3n) is 2.46. The third kappa shape index (κ3) is 1.98. The van der Waals surface area contributed by atoms with Crippen molar-refractivity contribution in [3.63, 3.8) is 0 Å². The predicted molar refractivity (Wildman–Crippen MR) is 52.6 cm³/mol. The Bertz CT molecular complexity index is 412. The van der Waals surface area contributed by atoms with Crippen LogP contribution in [0, 0.1) is 20.8 Å². The first-order valence-corrected chi connectivity index (χ1v) is 4.48. The Balaban J connectivity index is 3.56. The van der Waals surface area contributed by atoms with Crippen molar-refractivity contribution in [1.29, 1.82) is 0 Å². The summed E-state index contributed by atoms with van der Waals surface area (Å²) in [4.78, 5) is 10.9. The summed E-state index contributed by atoms with van der Waals surface area (Å²) in [5, 5.41) is 8.90. The first kappa shape index (κ1) is 11.6. The summed E-state index contributed by atoms with van der Waals surface area (Å²) in [5.41, 5.74) is 0.927. The molecule has 0 heterocycles. The Hall–Kier alpha value is -1.45. The topological polar surface area (TPSA) is 37.3 Å². The summed E-state index contributed by atoms with van der Waals surface area (Å²) < 4.78 is 25.3. The average Bonchev–Trinajstić information content (AvgIpc) is 1.99. The fourth-order valence-corrected chi connectivity index (χ4v) is 1.87. The van der Waals surface area contributed by atoms with Crippen LogP contribution in [0.4, 0.5) is 8.78 Å². The van der Waals surface area contributed by atoms with E-state index in [0.717, 1.165) is 0 Å². The molecule has 1 rings (SSSR count). The zero-order valence-corrected chi connectivity index (χ0v) is 8.77. The number of rotatable bonds is 2. The number of hydrogen-bond donors (Lipinski definition) is 1. The van der Waals surface area contributed by atoms with Crippen molar-refractivity contribution in [3.8, 4) is 0 Å². The van der Waals surface area contributed by atoms with Gasteiger partial charge in [-0.1, -0.05) is 6.07 Å². The summed E-state index contributed by atoms with van der Waals surface area (Å²) in [5.74, 6) is -1.16. The van der Waals surface area contributed by atoms with E-state index in [1.54, 1.807) is 13.8 Å². The Morgan fingerprint density at radius 3 is 2.20 bits per heavy atom. The molecule has 82 valence electrons. The van der Waals surface area contributed by atoms with Gasteiger partial charge in [-0.3, -0.25) is 0 Å². The van der Waals surface area contributed by atoms with Crippen LogP contribution in [0.25, 0.3) is 0 Å². The summed E-state index contributed by atoms with van der Waals surface area (Å²) in [6.07, 6.45) is -2.64. The van der Waals surface area contributed by atoms with E-state index in [0.29, 0.717) is 11.1 Å². The fourth-order valence-electron chi connectivity index (χ4n) is 1.87. The highest BCUT2D eigenvalue weighted by molar-refractivity contribution is 5.91.